The molecule has 1 saturated heterocycles. The fourth-order valence-corrected chi connectivity index (χ4v) is 5.67. The molecule has 9 heteroatoms. The first kappa shape index (κ1) is 27.3. The highest BCUT2D eigenvalue weighted by Crippen LogP contribution is 2.38. The van der Waals surface area contributed by atoms with E-state index in [4.69, 9.17) is 9.47 Å². The van der Waals surface area contributed by atoms with Crippen molar-refractivity contribution in [1.82, 2.24) is 4.90 Å². The van der Waals surface area contributed by atoms with E-state index in [1.54, 1.807) is 17.0 Å². The van der Waals surface area contributed by atoms with Crippen LogP contribution in [-0.2, 0) is 16.6 Å². The molecular weight excluding hydrogens is 502 g/mol. The van der Waals surface area contributed by atoms with Gasteiger partial charge in [-0.25, -0.2) is 8.42 Å². The molecule has 0 atom stereocenters. The van der Waals surface area contributed by atoms with Crippen LogP contribution in [0.2, 0.25) is 0 Å². The van der Waals surface area contributed by atoms with E-state index in [-0.39, 0.29) is 23.7 Å². The second kappa shape index (κ2) is 11.3. The molecule has 0 unspecified atom stereocenters. The molecular formula is C29H35N3O5S. The Morgan fingerprint density at radius 1 is 0.895 bits per heavy atom. The summed E-state index contributed by atoms with van der Waals surface area (Å²) in [5.41, 5.74) is 4.96. The smallest absolute Gasteiger partial charge is 0.256 e. The fraction of sp³-hybridized carbons (Fsp3) is 0.345. The Morgan fingerprint density at radius 3 is 2.13 bits per heavy atom. The Labute approximate surface area is 225 Å². The monoisotopic (exact) mass is 537 g/mol. The standard InChI is InChI=1S/C29H35N3O5S/c1-21-10-9-13-25(22(21)2)30-14-16-31(17-15-30)29(33)24-18-27(36-3)28(37-4)19-26(24)32(38(5,34)35)20-23-11-7-6-8-12-23/h6-13,18-19H,14-17,20H2,1-5H3. The van der Waals surface area contributed by atoms with E-state index in [9.17, 15) is 13.2 Å². The van der Waals surface area contributed by atoms with Crippen LogP contribution in [0.3, 0.4) is 0 Å². The van der Waals surface area contributed by atoms with E-state index in [1.807, 2.05) is 30.3 Å². The maximum Gasteiger partial charge on any atom is 0.256 e. The van der Waals surface area contributed by atoms with Crippen molar-refractivity contribution in [3.05, 3.63) is 82.9 Å². The Bertz CT molecular complexity index is 1400. The Kier molecular flexibility index (Phi) is 8.16. The third-order valence-corrected chi connectivity index (χ3v) is 8.18. The van der Waals surface area contributed by atoms with Gasteiger partial charge in [0.1, 0.15) is 0 Å². The van der Waals surface area contributed by atoms with Crippen LogP contribution in [0.25, 0.3) is 0 Å². The number of methoxy groups -OCH3 is 2. The molecule has 0 aromatic heterocycles. The fourth-order valence-electron chi connectivity index (χ4n) is 4.78. The van der Waals surface area contributed by atoms with Crippen LogP contribution >= 0.6 is 0 Å². The van der Waals surface area contributed by atoms with Crippen LogP contribution in [0.1, 0.15) is 27.0 Å². The highest BCUT2D eigenvalue weighted by atomic mass is 32.2. The zero-order valence-electron chi connectivity index (χ0n) is 22.6. The molecule has 38 heavy (non-hydrogen) atoms. The topological polar surface area (TPSA) is 79.4 Å². The lowest BCUT2D eigenvalue weighted by Crippen LogP contribution is -2.49. The van der Waals surface area contributed by atoms with Gasteiger partial charge < -0.3 is 19.3 Å². The lowest BCUT2D eigenvalue weighted by molar-refractivity contribution is 0.0747. The first-order chi connectivity index (χ1) is 18.1. The molecule has 3 aromatic carbocycles. The first-order valence-corrected chi connectivity index (χ1v) is 14.4. The average molecular weight is 538 g/mol. The minimum atomic E-state index is -3.74. The summed E-state index contributed by atoms with van der Waals surface area (Å²) in [5, 5.41) is 0. The number of hydrogen-bond acceptors (Lipinski definition) is 6. The summed E-state index contributed by atoms with van der Waals surface area (Å²) in [7, 11) is -0.766. The zero-order valence-corrected chi connectivity index (χ0v) is 23.4. The van der Waals surface area contributed by atoms with Gasteiger partial charge in [-0.1, -0.05) is 42.5 Å². The number of benzene rings is 3. The maximum atomic E-state index is 13.9. The van der Waals surface area contributed by atoms with Gasteiger partial charge in [-0.05, 0) is 42.7 Å². The summed E-state index contributed by atoms with van der Waals surface area (Å²) in [6, 6.07) is 18.7. The molecule has 202 valence electrons. The van der Waals surface area contributed by atoms with Gasteiger partial charge in [0.25, 0.3) is 5.91 Å². The quantitative estimate of drug-likeness (QED) is 0.428. The number of nitrogens with zero attached hydrogens (tertiary/aromatic N) is 3. The maximum absolute atomic E-state index is 13.9. The number of ether oxygens (including phenoxy) is 2. The van der Waals surface area contributed by atoms with Gasteiger partial charge in [-0.3, -0.25) is 9.10 Å². The van der Waals surface area contributed by atoms with E-state index in [0.717, 1.165) is 11.8 Å². The molecule has 1 heterocycles. The van der Waals surface area contributed by atoms with Crippen molar-refractivity contribution >= 4 is 27.3 Å². The molecule has 1 amide bonds. The van der Waals surface area contributed by atoms with Gasteiger partial charge >= 0.3 is 0 Å². The summed E-state index contributed by atoms with van der Waals surface area (Å²) in [5.74, 6) is 0.463. The number of piperazine rings is 1. The van der Waals surface area contributed by atoms with Crippen molar-refractivity contribution in [3.63, 3.8) is 0 Å². The van der Waals surface area contributed by atoms with E-state index in [0.29, 0.717) is 37.7 Å². The summed E-state index contributed by atoms with van der Waals surface area (Å²) < 4.78 is 38.3. The van der Waals surface area contributed by atoms with Crippen LogP contribution in [0.4, 0.5) is 11.4 Å². The number of hydrogen-bond donors (Lipinski definition) is 0. The molecule has 0 radical (unpaired) electrons. The van der Waals surface area contributed by atoms with Gasteiger partial charge in [0.05, 0.1) is 38.3 Å². The molecule has 1 aliphatic rings. The second-order valence-electron chi connectivity index (χ2n) is 9.48. The predicted molar refractivity (Wildman–Crippen MR) is 151 cm³/mol. The molecule has 0 spiro atoms. The summed E-state index contributed by atoms with van der Waals surface area (Å²) >= 11 is 0. The van der Waals surface area contributed by atoms with Crippen molar-refractivity contribution in [1.29, 1.82) is 0 Å². The van der Waals surface area contributed by atoms with Gasteiger partial charge in [0.2, 0.25) is 10.0 Å². The Hall–Kier alpha value is -3.72. The molecule has 0 aliphatic carbocycles. The second-order valence-corrected chi connectivity index (χ2v) is 11.4. The number of aryl methyl sites for hydroxylation is 1. The molecule has 4 rings (SSSR count). The molecule has 0 saturated carbocycles. The van der Waals surface area contributed by atoms with Gasteiger partial charge in [-0.2, -0.15) is 0 Å². The minimum absolute atomic E-state index is 0.0792. The third-order valence-electron chi connectivity index (χ3n) is 7.05. The third kappa shape index (κ3) is 5.72. The lowest BCUT2D eigenvalue weighted by Gasteiger charge is -2.37. The molecule has 8 nitrogen and oxygen atoms in total. The predicted octanol–water partition coefficient (Wildman–Crippen LogP) is 4.25. The van der Waals surface area contributed by atoms with Crippen molar-refractivity contribution in [2.24, 2.45) is 0 Å². The molecule has 1 fully saturated rings. The van der Waals surface area contributed by atoms with E-state index in [2.05, 4.69) is 36.9 Å². The number of sulfonamides is 1. The van der Waals surface area contributed by atoms with Crippen LogP contribution in [0.15, 0.2) is 60.7 Å². The van der Waals surface area contributed by atoms with Crippen LogP contribution in [0, 0.1) is 13.8 Å². The Balaban J connectivity index is 1.68. The van der Waals surface area contributed by atoms with Crippen molar-refractivity contribution in [2.45, 2.75) is 20.4 Å². The van der Waals surface area contributed by atoms with E-state index < -0.39 is 10.0 Å². The molecule has 0 N–H and O–H groups in total. The van der Waals surface area contributed by atoms with Crippen LogP contribution < -0.4 is 18.7 Å². The average Bonchev–Trinajstić information content (AvgIpc) is 2.92. The number of amides is 1. The molecule has 0 bridgehead atoms. The largest absolute Gasteiger partial charge is 0.493 e. The normalized spacial score (nSPS) is 13.8. The highest BCUT2D eigenvalue weighted by Gasteiger charge is 2.30. The van der Waals surface area contributed by atoms with Crippen LogP contribution in [-0.4, -0.2) is 65.9 Å². The highest BCUT2D eigenvalue weighted by molar-refractivity contribution is 7.92. The SMILES string of the molecule is COc1cc(C(=O)N2CCN(c3cccc(C)c3C)CC2)c(N(Cc2ccccc2)S(C)(=O)=O)cc1OC. The summed E-state index contributed by atoms with van der Waals surface area (Å²) in [4.78, 5) is 18.0. The number of carbonyl (C=O) groups excluding carboxylic acids is 1. The van der Waals surface area contributed by atoms with Crippen molar-refractivity contribution < 1.29 is 22.7 Å². The van der Waals surface area contributed by atoms with Crippen molar-refractivity contribution in [3.8, 4) is 11.5 Å². The minimum Gasteiger partial charge on any atom is -0.493 e. The van der Waals surface area contributed by atoms with E-state index in [1.165, 1.54) is 35.3 Å². The lowest BCUT2D eigenvalue weighted by atomic mass is 10.1. The number of rotatable bonds is 8. The molecule has 1 aliphatic heterocycles. The molecule has 3 aromatic rings. The summed E-state index contributed by atoms with van der Waals surface area (Å²) in [6.45, 7) is 6.67. The van der Waals surface area contributed by atoms with E-state index >= 15 is 0 Å². The first-order valence-electron chi connectivity index (χ1n) is 12.5. The summed E-state index contributed by atoms with van der Waals surface area (Å²) in [6.07, 6.45) is 1.14. The van der Waals surface area contributed by atoms with Gasteiger partial charge in [0, 0.05) is 37.9 Å². The van der Waals surface area contributed by atoms with Gasteiger partial charge in [-0.15, -0.1) is 0 Å². The zero-order chi connectivity index (χ0) is 27.4. The number of carbonyl (C=O) groups is 1. The Morgan fingerprint density at radius 2 is 1.53 bits per heavy atom. The van der Waals surface area contributed by atoms with Crippen LogP contribution in [0.5, 0.6) is 11.5 Å². The van der Waals surface area contributed by atoms with Gasteiger partial charge in [0.15, 0.2) is 11.5 Å². The number of anilines is 2. The van der Waals surface area contributed by atoms with Crippen molar-refractivity contribution in [2.75, 3.05) is 55.9 Å².